The van der Waals surface area contributed by atoms with Crippen molar-refractivity contribution in [1.82, 2.24) is 0 Å². The Hall–Kier alpha value is -1.36. The lowest BCUT2D eigenvalue weighted by Gasteiger charge is -2.08. The molecule has 1 aromatic rings. The first kappa shape index (κ1) is 11.1. The molecule has 1 atom stereocenters. The third-order valence-electron chi connectivity index (χ3n) is 2.32. The van der Waals surface area contributed by atoms with E-state index >= 15 is 0 Å². The Morgan fingerprint density at radius 2 is 2.19 bits per heavy atom. The molecule has 0 saturated heterocycles. The molecule has 5 heteroatoms. The molecule has 0 fully saturated rings. The summed E-state index contributed by atoms with van der Waals surface area (Å²) in [6, 6.07) is 5.60. The highest BCUT2D eigenvalue weighted by molar-refractivity contribution is 7.81. The van der Waals surface area contributed by atoms with Crippen LogP contribution in [0.15, 0.2) is 18.2 Å². The molecule has 1 aliphatic rings. The van der Waals surface area contributed by atoms with Gasteiger partial charge in [-0.3, -0.25) is 4.79 Å². The molecule has 0 amide bonds. The highest BCUT2D eigenvalue weighted by Gasteiger charge is 2.15. The second-order valence-corrected chi connectivity index (χ2v) is 4.37. The van der Waals surface area contributed by atoms with Crippen molar-refractivity contribution in [3.05, 3.63) is 23.8 Å². The van der Waals surface area contributed by atoms with Crippen LogP contribution < -0.4 is 9.47 Å². The predicted octanol–water partition coefficient (Wildman–Crippen LogP) is 1.73. The summed E-state index contributed by atoms with van der Waals surface area (Å²) in [6.07, 6.45) is 0.656. The van der Waals surface area contributed by atoms with Crippen LogP contribution in [0.2, 0.25) is 0 Å². The molecule has 4 nitrogen and oxygen atoms in total. The Balaban J connectivity index is 2.02. The van der Waals surface area contributed by atoms with Gasteiger partial charge in [-0.15, -0.1) is 0 Å². The number of carbonyl (C=O) groups is 1. The summed E-state index contributed by atoms with van der Waals surface area (Å²) in [5, 5.41) is 8.44. The number of hydrogen-bond acceptors (Lipinski definition) is 4. The van der Waals surface area contributed by atoms with Gasteiger partial charge in [-0.2, -0.15) is 12.6 Å². The van der Waals surface area contributed by atoms with Gasteiger partial charge in [0.1, 0.15) is 0 Å². The van der Waals surface area contributed by atoms with E-state index in [4.69, 9.17) is 14.6 Å². The molecule has 0 bridgehead atoms. The highest BCUT2D eigenvalue weighted by Crippen LogP contribution is 2.33. The molecular weight excluding hydrogens is 228 g/mol. The Bertz CT molecular complexity index is 405. The van der Waals surface area contributed by atoms with Gasteiger partial charge in [0.05, 0.1) is 6.42 Å². The van der Waals surface area contributed by atoms with Crippen molar-refractivity contribution in [1.29, 1.82) is 0 Å². The van der Waals surface area contributed by atoms with Crippen molar-refractivity contribution < 1.29 is 19.4 Å². The first-order valence-corrected chi connectivity index (χ1v) is 5.45. The number of rotatable bonds is 4. The second-order valence-electron chi connectivity index (χ2n) is 3.64. The van der Waals surface area contributed by atoms with E-state index in [2.05, 4.69) is 12.6 Å². The topological polar surface area (TPSA) is 55.8 Å². The molecule has 0 aromatic heterocycles. The molecule has 1 heterocycles. The fourth-order valence-corrected chi connectivity index (χ4v) is 1.98. The summed E-state index contributed by atoms with van der Waals surface area (Å²) < 4.78 is 10.4. The lowest BCUT2D eigenvalue weighted by molar-refractivity contribution is -0.136. The predicted molar refractivity (Wildman–Crippen MR) is 61.3 cm³/mol. The molecule has 16 heavy (non-hydrogen) atoms. The van der Waals surface area contributed by atoms with Gasteiger partial charge in [0, 0.05) is 5.25 Å². The molecule has 1 unspecified atom stereocenters. The van der Waals surface area contributed by atoms with E-state index in [1.807, 2.05) is 18.2 Å². The monoisotopic (exact) mass is 240 g/mol. The second kappa shape index (κ2) is 4.65. The van der Waals surface area contributed by atoms with E-state index in [0.717, 1.165) is 11.3 Å². The van der Waals surface area contributed by atoms with Gasteiger partial charge in [0.15, 0.2) is 11.5 Å². The zero-order valence-electron chi connectivity index (χ0n) is 8.55. The molecule has 1 aromatic carbocycles. The lowest BCUT2D eigenvalue weighted by atomic mass is 10.1. The van der Waals surface area contributed by atoms with Crippen molar-refractivity contribution in [2.24, 2.45) is 0 Å². The SMILES string of the molecule is O=C(O)CC(S)Cc1ccc2c(c1)OCO2. The fraction of sp³-hybridized carbons (Fsp3) is 0.364. The molecule has 2 rings (SSSR count). The first-order chi connectivity index (χ1) is 7.65. The summed E-state index contributed by atoms with van der Waals surface area (Å²) >= 11 is 4.23. The normalized spacial score (nSPS) is 14.8. The number of carboxylic acids is 1. The summed E-state index contributed by atoms with van der Waals surface area (Å²) in [5.41, 5.74) is 1.01. The fourth-order valence-electron chi connectivity index (χ4n) is 1.61. The van der Waals surface area contributed by atoms with Gasteiger partial charge in [-0.05, 0) is 24.1 Å². The van der Waals surface area contributed by atoms with Crippen molar-refractivity contribution in [3.63, 3.8) is 0 Å². The number of carboxylic acid groups (broad SMARTS) is 1. The van der Waals surface area contributed by atoms with Crippen molar-refractivity contribution in [2.75, 3.05) is 6.79 Å². The van der Waals surface area contributed by atoms with E-state index < -0.39 is 5.97 Å². The Kier molecular flexibility index (Phi) is 3.24. The summed E-state index contributed by atoms with van der Waals surface area (Å²) in [5.74, 6) is 0.617. The average Bonchev–Trinajstić information content (AvgIpc) is 2.63. The van der Waals surface area contributed by atoms with Gasteiger partial charge >= 0.3 is 5.97 Å². The van der Waals surface area contributed by atoms with E-state index in [1.165, 1.54) is 0 Å². The van der Waals surface area contributed by atoms with Crippen molar-refractivity contribution >= 4 is 18.6 Å². The standard InChI is InChI=1S/C11H12O4S/c12-11(13)5-8(16)3-7-1-2-9-10(4-7)15-6-14-9/h1-2,4,8,16H,3,5-6H2,(H,12,13). The first-order valence-electron chi connectivity index (χ1n) is 4.93. The molecule has 1 N–H and O–H groups in total. The van der Waals surface area contributed by atoms with E-state index in [-0.39, 0.29) is 18.5 Å². The third-order valence-corrected chi connectivity index (χ3v) is 2.68. The minimum atomic E-state index is -0.833. The maximum absolute atomic E-state index is 10.5. The van der Waals surface area contributed by atoms with Crippen LogP contribution in [-0.2, 0) is 11.2 Å². The molecule has 0 radical (unpaired) electrons. The molecule has 0 aliphatic carbocycles. The van der Waals surface area contributed by atoms with Crippen LogP contribution in [0.5, 0.6) is 11.5 Å². The van der Waals surface area contributed by atoms with Crippen molar-refractivity contribution in [2.45, 2.75) is 18.1 Å². The van der Waals surface area contributed by atoms with E-state index in [1.54, 1.807) is 0 Å². The molecule has 86 valence electrons. The number of ether oxygens (including phenoxy) is 2. The van der Waals surface area contributed by atoms with Gasteiger partial charge in [0.25, 0.3) is 0 Å². The van der Waals surface area contributed by atoms with Crippen LogP contribution in [0, 0.1) is 0 Å². The Morgan fingerprint density at radius 1 is 1.44 bits per heavy atom. The zero-order valence-corrected chi connectivity index (χ0v) is 9.44. The number of thiol groups is 1. The smallest absolute Gasteiger partial charge is 0.304 e. The van der Waals surface area contributed by atoms with Crippen LogP contribution in [-0.4, -0.2) is 23.1 Å². The third kappa shape index (κ3) is 2.61. The quantitative estimate of drug-likeness (QED) is 0.787. The van der Waals surface area contributed by atoms with E-state index in [9.17, 15) is 4.79 Å². The number of fused-ring (bicyclic) bond motifs is 1. The minimum absolute atomic E-state index is 0.0531. The largest absolute Gasteiger partial charge is 0.481 e. The van der Waals surface area contributed by atoms with Crippen LogP contribution in [0.4, 0.5) is 0 Å². The van der Waals surface area contributed by atoms with Crippen LogP contribution in [0.3, 0.4) is 0 Å². The van der Waals surface area contributed by atoms with E-state index in [0.29, 0.717) is 12.2 Å². The van der Waals surface area contributed by atoms with Crippen LogP contribution >= 0.6 is 12.6 Å². The number of hydrogen-bond donors (Lipinski definition) is 2. The van der Waals surface area contributed by atoms with Gasteiger partial charge in [-0.1, -0.05) is 6.07 Å². The Morgan fingerprint density at radius 3 is 2.94 bits per heavy atom. The Labute approximate surface area is 98.6 Å². The van der Waals surface area contributed by atoms with Crippen LogP contribution in [0.25, 0.3) is 0 Å². The molecule has 0 spiro atoms. The van der Waals surface area contributed by atoms with Gasteiger partial charge < -0.3 is 14.6 Å². The van der Waals surface area contributed by atoms with Crippen molar-refractivity contribution in [3.8, 4) is 11.5 Å². The molecule has 1 aliphatic heterocycles. The minimum Gasteiger partial charge on any atom is -0.481 e. The summed E-state index contributed by atoms with van der Waals surface area (Å²) in [7, 11) is 0. The number of benzene rings is 1. The van der Waals surface area contributed by atoms with Gasteiger partial charge in [-0.25, -0.2) is 0 Å². The molecule has 0 saturated carbocycles. The number of aliphatic carboxylic acids is 1. The summed E-state index contributed by atoms with van der Waals surface area (Å²) in [6.45, 7) is 0.248. The maximum Gasteiger partial charge on any atom is 0.304 e. The van der Waals surface area contributed by atoms with Crippen LogP contribution in [0.1, 0.15) is 12.0 Å². The lowest BCUT2D eigenvalue weighted by Crippen LogP contribution is -2.10. The summed E-state index contributed by atoms with van der Waals surface area (Å²) in [4.78, 5) is 10.5. The zero-order chi connectivity index (χ0) is 11.5. The maximum atomic E-state index is 10.5. The van der Waals surface area contributed by atoms with Gasteiger partial charge in [0.2, 0.25) is 6.79 Å². The average molecular weight is 240 g/mol. The highest BCUT2D eigenvalue weighted by atomic mass is 32.1. The molecular formula is C11H12O4S.